The summed E-state index contributed by atoms with van der Waals surface area (Å²) < 4.78 is 10.9. The van der Waals surface area contributed by atoms with Gasteiger partial charge < -0.3 is 14.5 Å². The van der Waals surface area contributed by atoms with Gasteiger partial charge in [0.1, 0.15) is 5.76 Å². The maximum Gasteiger partial charge on any atom is 0.417 e. The fraction of sp³-hybridized carbons (Fsp3) is 0.240. The third-order valence-corrected chi connectivity index (χ3v) is 5.66. The van der Waals surface area contributed by atoms with E-state index in [4.69, 9.17) is 9.15 Å². The zero-order chi connectivity index (χ0) is 22.6. The molecule has 2 amide bonds. The summed E-state index contributed by atoms with van der Waals surface area (Å²) in [5.41, 5.74) is 2.83. The number of furan rings is 1. The highest BCUT2D eigenvalue weighted by Crippen LogP contribution is 2.24. The van der Waals surface area contributed by atoms with Crippen molar-refractivity contribution in [2.24, 2.45) is 4.99 Å². The van der Waals surface area contributed by atoms with E-state index >= 15 is 0 Å². The number of fused-ring (bicyclic) bond motifs is 1. The number of amides is 2. The minimum atomic E-state index is -1.17. The van der Waals surface area contributed by atoms with E-state index in [1.54, 1.807) is 18.2 Å². The number of hydrogen-bond acceptors (Lipinski definition) is 6. The van der Waals surface area contributed by atoms with Crippen LogP contribution in [0.3, 0.4) is 0 Å². The van der Waals surface area contributed by atoms with E-state index in [1.807, 2.05) is 48.5 Å². The van der Waals surface area contributed by atoms with Crippen LogP contribution in [0.15, 0.2) is 76.1 Å². The molecule has 1 fully saturated rings. The summed E-state index contributed by atoms with van der Waals surface area (Å²) in [6.07, 6.45) is 0.384. The molecule has 2 aliphatic rings. The maximum absolute atomic E-state index is 12.8. The summed E-state index contributed by atoms with van der Waals surface area (Å²) in [4.78, 5) is 32.2. The topological polar surface area (TPSA) is 96.2 Å². The van der Waals surface area contributed by atoms with Gasteiger partial charge in [-0.25, -0.2) is 9.79 Å². The Bertz CT molecular complexity index is 1180. The van der Waals surface area contributed by atoms with Crippen molar-refractivity contribution in [2.75, 3.05) is 18.4 Å². The maximum atomic E-state index is 12.8. The molecule has 1 saturated heterocycles. The quantitative estimate of drug-likeness (QED) is 0.624. The Balaban J connectivity index is 1.32. The standard InChI is InChI=1S/C25H24N4O4/c30-24-23(28-25(31)33-21-13-12-18(32-21)16-29-14-6-7-15-29)27-22(17-8-2-1-3-9-17)19-10-4-5-11-20(19)26-24/h1-5,8-13,23H,6-7,14-16H2,(H,26,30)(H,28,31)/t23-/m1/s1. The van der Waals surface area contributed by atoms with E-state index in [-0.39, 0.29) is 5.95 Å². The van der Waals surface area contributed by atoms with Gasteiger partial charge in [0.05, 0.1) is 17.9 Å². The van der Waals surface area contributed by atoms with Crippen LogP contribution in [-0.2, 0) is 11.3 Å². The molecule has 0 spiro atoms. The van der Waals surface area contributed by atoms with Crippen molar-refractivity contribution in [1.82, 2.24) is 10.2 Å². The number of benzene rings is 2. The van der Waals surface area contributed by atoms with E-state index in [0.717, 1.165) is 30.0 Å². The first-order valence-electron chi connectivity index (χ1n) is 11.0. The minimum absolute atomic E-state index is 0.0753. The van der Waals surface area contributed by atoms with Crippen molar-refractivity contribution in [3.63, 3.8) is 0 Å². The van der Waals surface area contributed by atoms with Gasteiger partial charge in [-0.05, 0) is 38.1 Å². The first-order valence-corrected chi connectivity index (χ1v) is 11.0. The molecule has 8 heteroatoms. The van der Waals surface area contributed by atoms with Crippen LogP contribution in [0, 0.1) is 0 Å². The Morgan fingerprint density at radius 3 is 2.64 bits per heavy atom. The van der Waals surface area contributed by atoms with Gasteiger partial charge in [0, 0.05) is 17.2 Å². The largest absolute Gasteiger partial charge is 0.429 e. The molecule has 0 bridgehead atoms. The summed E-state index contributed by atoms with van der Waals surface area (Å²) in [5.74, 6) is 0.345. The van der Waals surface area contributed by atoms with Crippen molar-refractivity contribution in [3.8, 4) is 5.95 Å². The van der Waals surface area contributed by atoms with Gasteiger partial charge in [-0.3, -0.25) is 15.0 Å². The van der Waals surface area contributed by atoms with E-state index in [1.165, 1.54) is 12.8 Å². The lowest BCUT2D eigenvalue weighted by molar-refractivity contribution is -0.117. The smallest absolute Gasteiger partial charge is 0.417 e. The molecule has 8 nitrogen and oxygen atoms in total. The number of anilines is 1. The van der Waals surface area contributed by atoms with E-state index in [0.29, 0.717) is 17.9 Å². The van der Waals surface area contributed by atoms with Crippen molar-refractivity contribution in [1.29, 1.82) is 0 Å². The number of hydrogen-bond donors (Lipinski definition) is 2. The van der Waals surface area contributed by atoms with Crippen LogP contribution in [0.25, 0.3) is 0 Å². The molecule has 1 atom stereocenters. The average molecular weight is 444 g/mol. The van der Waals surface area contributed by atoms with Crippen LogP contribution in [0.4, 0.5) is 10.5 Å². The molecule has 0 saturated carbocycles. The molecule has 3 aromatic rings. The number of carbonyl (C=O) groups is 2. The van der Waals surface area contributed by atoms with Crippen LogP contribution in [0.5, 0.6) is 5.95 Å². The fourth-order valence-corrected chi connectivity index (χ4v) is 4.07. The second-order valence-corrected chi connectivity index (χ2v) is 8.02. The first kappa shape index (κ1) is 21.0. The highest BCUT2D eigenvalue weighted by atomic mass is 16.6. The Morgan fingerprint density at radius 1 is 1.06 bits per heavy atom. The lowest BCUT2D eigenvalue weighted by atomic mass is 10.0. The van der Waals surface area contributed by atoms with Gasteiger partial charge in [0.15, 0.2) is 0 Å². The summed E-state index contributed by atoms with van der Waals surface area (Å²) >= 11 is 0. The molecule has 1 aromatic heterocycles. The summed E-state index contributed by atoms with van der Waals surface area (Å²) in [6.45, 7) is 2.76. The zero-order valence-corrected chi connectivity index (χ0v) is 18.0. The SMILES string of the molecule is O=C(N[C@H]1N=C(c2ccccc2)c2ccccc2NC1=O)Oc1ccc(CN2CCCC2)o1. The van der Waals surface area contributed by atoms with Crippen molar-refractivity contribution >= 4 is 23.4 Å². The first-order chi connectivity index (χ1) is 16.2. The molecule has 2 aliphatic heterocycles. The van der Waals surface area contributed by atoms with Crippen LogP contribution in [-0.4, -0.2) is 41.9 Å². The fourth-order valence-electron chi connectivity index (χ4n) is 4.07. The zero-order valence-electron chi connectivity index (χ0n) is 18.0. The van der Waals surface area contributed by atoms with E-state index in [9.17, 15) is 9.59 Å². The number of carbonyl (C=O) groups excluding carboxylic acids is 2. The summed E-state index contributed by atoms with van der Waals surface area (Å²) in [5, 5.41) is 5.38. The Hall–Kier alpha value is -3.91. The van der Waals surface area contributed by atoms with Crippen molar-refractivity contribution in [3.05, 3.63) is 83.6 Å². The Kier molecular flexibility index (Phi) is 5.91. The molecular formula is C25H24N4O4. The van der Waals surface area contributed by atoms with E-state index in [2.05, 4.69) is 20.5 Å². The van der Waals surface area contributed by atoms with Gasteiger partial charge in [0.2, 0.25) is 6.17 Å². The van der Waals surface area contributed by atoms with Crippen molar-refractivity contribution in [2.45, 2.75) is 25.6 Å². The lowest BCUT2D eigenvalue weighted by Gasteiger charge is -2.13. The van der Waals surface area contributed by atoms with Gasteiger partial charge >= 0.3 is 6.09 Å². The second-order valence-electron chi connectivity index (χ2n) is 8.02. The van der Waals surface area contributed by atoms with Crippen LogP contribution in [0.1, 0.15) is 29.7 Å². The summed E-state index contributed by atoms with van der Waals surface area (Å²) in [7, 11) is 0. The van der Waals surface area contributed by atoms with Crippen LogP contribution in [0.2, 0.25) is 0 Å². The lowest BCUT2D eigenvalue weighted by Crippen LogP contribution is -2.43. The van der Waals surface area contributed by atoms with E-state index < -0.39 is 18.2 Å². The van der Waals surface area contributed by atoms with Gasteiger partial charge in [-0.2, -0.15) is 0 Å². The summed E-state index contributed by atoms with van der Waals surface area (Å²) in [6, 6.07) is 20.3. The number of ether oxygens (including phenoxy) is 1. The predicted molar refractivity (Wildman–Crippen MR) is 123 cm³/mol. The second kappa shape index (κ2) is 9.30. The normalized spacial score (nSPS) is 18.1. The van der Waals surface area contributed by atoms with Crippen LogP contribution >= 0.6 is 0 Å². The predicted octanol–water partition coefficient (Wildman–Crippen LogP) is 3.78. The third kappa shape index (κ3) is 4.80. The van der Waals surface area contributed by atoms with Crippen LogP contribution < -0.4 is 15.4 Å². The van der Waals surface area contributed by atoms with Crippen molar-refractivity contribution < 1.29 is 18.7 Å². The number of nitrogens with zero attached hydrogens (tertiary/aromatic N) is 2. The number of para-hydroxylation sites is 1. The Labute approximate surface area is 191 Å². The molecule has 2 aromatic carbocycles. The van der Waals surface area contributed by atoms with Gasteiger partial charge in [-0.15, -0.1) is 0 Å². The molecule has 33 heavy (non-hydrogen) atoms. The Morgan fingerprint density at radius 2 is 1.82 bits per heavy atom. The molecule has 168 valence electrons. The number of benzodiazepines with no additional fused rings is 1. The monoisotopic (exact) mass is 444 g/mol. The minimum Gasteiger partial charge on any atom is -0.429 e. The highest BCUT2D eigenvalue weighted by molar-refractivity contribution is 6.19. The molecule has 3 heterocycles. The molecule has 0 radical (unpaired) electrons. The number of likely N-dealkylation sites (tertiary alicyclic amines) is 1. The molecular weight excluding hydrogens is 420 g/mol. The average Bonchev–Trinajstić information content (AvgIpc) is 3.47. The molecule has 0 unspecified atom stereocenters. The highest BCUT2D eigenvalue weighted by Gasteiger charge is 2.28. The third-order valence-electron chi connectivity index (χ3n) is 5.66. The number of aliphatic imine (C=N–C) groups is 1. The molecule has 2 N–H and O–H groups in total. The number of nitrogens with one attached hydrogen (secondary N) is 2. The molecule has 5 rings (SSSR count). The van der Waals surface area contributed by atoms with Gasteiger partial charge in [0.25, 0.3) is 11.9 Å². The van der Waals surface area contributed by atoms with Gasteiger partial charge in [-0.1, -0.05) is 48.5 Å². The number of rotatable bonds is 5. The molecule has 0 aliphatic carbocycles.